The number of anilines is 3. The van der Waals surface area contributed by atoms with E-state index in [2.05, 4.69) is 217 Å². The van der Waals surface area contributed by atoms with E-state index in [1.54, 1.807) is 0 Å². The van der Waals surface area contributed by atoms with Gasteiger partial charge in [0.25, 0.3) is 0 Å². The van der Waals surface area contributed by atoms with E-state index in [9.17, 15) is 0 Å². The maximum Gasteiger partial charge on any atom is 0.138 e. The molecule has 0 radical (unpaired) electrons. The van der Waals surface area contributed by atoms with E-state index in [1.807, 2.05) is 0 Å². The highest BCUT2D eigenvalue weighted by molar-refractivity contribution is 6.02. The van der Waals surface area contributed by atoms with Crippen LogP contribution in [0.1, 0.15) is 127 Å². The van der Waals surface area contributed by atoms with E-state index >= 15 is 0 Å². The second-order valence-electron chi connectivity index (χ2n) is 21.2. The molecule has 308 valence electrons. The van der Waals surface area contributed by atoms with Crippen LogP contribution in [0, 0.1) is 27.7 Å². The van der Waals surface area contributed by atoms with E-state index < -0.39 is 0 Å². The molecule has 0 spiro atoms. The van der Waals surface area contributed by atoms with Crippen molar-refractivity contribution < 1.29 is 4.42 Å². The Morgan fingerprint density at radius 1 is 0.500 bits per heavy atom. The summed E-state index contributed by atoms with van der Waals surface area (Å²) in [5.74, 6) is 0.937. The molecule has 1 heterocycles. The lowest BCUT2D eigenvalue weighted by Gasteiger charge is -2.43. The smallest absolute Gasteiger partial charge is 0.138 e. The molecule has 60 heavy (non-hydrogen) atoms. The minimum Gasteiger partial charge on any atom is -0.456 e. The molecule has 2 heteroatoms. The van der Waals surface area contributed by atoms with Crippen molar-refractivity contribution in [1.82, 2.24) is 0 Å². The topological polar surface area (TPSA) is 16.4 Å². The van der Waals surface area contributed by atoms with Crippen LogP contribution in [0.25, 0.3) is 44.5 Å². The van der Waals surface area contributed by atoms with Crippen LogP contribution in [0.5, 0.6) is 0 Å². The van der Waals surface area contributed by atoms with Gasteiger partial charge in [0.1, 0.15) is 11.3 Å². The number of aryl methyl sites for hydroxylation is 3. The largest absolute Gasteiger partial charge is 0.456 e. The average Bonchev–Trinajstić information content (AvgIpc) is 3.54. The van der Waals surface area contributed by atoms with Crippen LogP contribution in [0.3, 0.4) is 0 Å². The Hall–Kier alpha value is -5.34. The van der Waals surface area contributed by atoms with Crippen LogP contribution >= 0.6 is 0 Å². The SMILES string of the molecule is Cc1cc(-c2cc(C(C)(C)C)cc3oc(-c4ccccc4)c(C)c23)c(C)c(N(c2cc3c(cc2C)C(C)(C)CCC3(C)C)c2ccc(C(C)(C)C)cc2-c2ccccc2)c1. The van der Waals surface area contributed by atoms with Crippen LogP contribution in [0.2, 0.25) is 0 Å². The predicted molar refractivity (Wildman–Crippen MR) is 259 cm³/mol. The summed E-state index contributed by atoms with van der Waals surface area (Å²) in [6.07, 6.45) is 2.34. The van der Waals surface area contributed by atoms with E-state index in [0.29, 0.717) is 0 Å². The molecule has 1 aliphatic rings. The standard InChI is InChI=1S/C58H65NO/c1-36-29-44(46-33-43(56(8,9)10)34-52-53(46)39(4)54(60-52)41-23-19-16-20-24-41)38(3)51(30-36)59(50-35-48-47(31-37(50)2)57(11,12)27-28-58(48,13)14)49-26-25-42(55(5,6)7)32-45(49)40-21-17-15-18-22-40/h15-26,29-35H,27-28H2,1-14H3. The van der Waals surface area contributed by atoms with Gasteiger partial charge in [-0.25, -0.2) is 0 Å². The van der Waals surface area contributed by atoms with E-state index in [-0.39, 0.29) is 21.7 Å². The predicted octanol–water partition coefficient (Wildman–Crippen LogP) is 17.1. The van der Waals surface area contributed by atoms with Gasteiger partial charge in [0.2, 0.25) is 0 Å². The molecule has 0 atom stereocenters. The third-order valence-corrected chi connectivity index (χ3v) is 13.6. The van der Waals surface area contributed by atoms with Gasteiger partial charge in [0.15, 0.2) is 0 Å². The summed E-state index contributed by atoms with van der Waals surface area (Å²) in [5, 5.41) is 1.18. The molecular weight excluding hydrogens is 727 g/mol. The van der Waals surface area contributed by atoms with Gasteiger partial charge in [-0.1, -0.05) is 148 Å². The summed E-state index contributed by atoms with van der Waals surface area (Å²) >= 11 is 0. The molecule has 0 bridgehead atoms. The maximum absolute atomic E-state index is 6.87. The maximum atomic E-state index is 6.87. The molecule has 0 saturated carbocycles. The van der Waals surface area contributed by atoms with Gasteiger partial charge in [-0.05, 0) is 154 Å². The monoisotopic (exact) mass is 792 g/mol. The fourth-order valence-corrected chi connectivity index (χ4v) is 9.63. The minimum absolute atomic E-state index is 0.0127. The second kappa shape index (κ2) is 14.7. The highest BCUT2D eigenvalue weighted by atomic mass is 16.3. The lowest BCUT2D eigenvalue weighted by Crippen LogP contribution is -2.34. The molecule has 7 aromatic rings. The first-order chi connectivity index (χ1) is 28.2. The van der Waals surface area contributed by atoms with Crippen molar-refractivity contribution in [1.29, 1.82) is 0 Å². The number of fused-ring (bicyclic) bond motifs is 2. The average molecular weight is 792 g/mol. The number of furan rings is 1. The zero-order valence-electron chi connectivity index (χ0n) is 38.7. The van der Waals surface area contributed by atoms with Crippen LogP contribution in [0.15, 0.2) is 120 Å². The molecule has 6 aromatic carbocycles. The van der Waals surface area contributed by atoms with Crippen molar-refractivity contribution in [3.05, 3.63) is 160 Å². The first-order valence-electron chi connectivity index (χ1n) is 22.1. The van der Waals surface area contributed by atoms with Crippen molar-refractivity contribution in [3.63, 3.8) is 0 Å². The molecule has 0 fully saturated rings. The number of rotatable bonds is 6. The molecule has 0 saturated heterocycles. The van der Waals surface area contributed by atoms with Gasteiger partial charge in [-0.2, -0.15) is 0 Å². The molecule has 0 unspecified atom stereocenters. The number of benzene rings is 6. The van der Waals surface area contributed by atoms with Crippen LogP contribution in [0.4, 0.5) is 17.1 Å². The Balaban J connectivity index is 1.48. The lowest BCUT2D eigenvalue weighted by atomic mass is 9.63. The lowest BCUT2D eigenvalue weighted by molar-refractivity contribution is 0.332. The van der Waals surface area contributed by atoms with Gasteiger partial charge in [0.05, 0.1) is 5.69 Å². The third kappa shape index (κ3) is 7.31. The van der Waals surface area contributed by atoms with Gasteiger partial charge in [-0.15, -0.1) is 0 Å². The molecule has 0 amide bonds. The van der Waals surface area contributed by atoms with Crippen molar-refractivity contribution in [2.45, 2.75) is 131 Å². The highest BCUT2D eigenvalue weighted by Gasteiger charge is 2.38. The molecule has 8 rings (SSSR count). The summed E-state index contributed by atoms with van der Waals surface area (Å²) < 4.78 is 6.87. The summed E-state index contributed by atoms with van der Waals surface area (Å²) in [5.41, 5.74) is 21.1. The Morgan fingerprint density at radius 2 is 1.07 bits per heavy atom. The fraction of sp³-hybridized carbons (Fsp3) is 0.345. The number of hydrogen-bond donors (Lipinski definition) is 0. The molecule has 1 aromatic heterocycles. The Kier molecular flexibility index (Phi) is 10.1. The molecule has 0 N–H and O–H groups in total. The van der Waals surface area contributed by atoms with Crippen LogP contribution in [-0.2, 0) is 21.7 Å². The minimum atomic E-state index is -0.0800. The first-order valence-corrected chi connectivity index (χ1v) is 22.1. The fourth-order valence-electron chi connectivity index (χ4n) is 9.63. The van der Waals surface area contributed by atoms with Crippen molar-refractivity contribution in [3.8, 4) is 33.6 Å². The number of hydrogen-bond acceptors (Lipinski definition) is 2. The molecule has 0 aliphatic heterocycles. The van der Waals surface area contributed by atoms with Crippen molar-refractivity contribution in [2.24, 2.45) is 0 Å². The Morgan fingerprint density at radius 3 is 1.67 bits per heavy atom. The van der Waals surface area contributed by atoms with Gasteiger partial charge < -0.3 is 9.32 Å². The quantitative estimate of drug-likeness (QED) is 0.167. The van der Waals surface area contributed by atoms with Gasteiger partial charge >= 0.3 is 0 Å². The molecule has 2 nitrogen and oxygen atoms in total. The zero-order valence-corrected chi connectivity index (χ0v) is 38.7. The molecule has 1 aliphatic carbocycles. The first kappa shape index (κ1) is 41.4. The van der Waals surface area contributed by atoms with Crippen LogP contribution < -0.4 is 4.90 Å². The third-order valence-electron chi connectivity index (χ3n) is 13.6. The van der Waals surface area contributed by atoms with Gasteiger partial charge in [0, 0.05) is 33.5 Å². The summed E-state index contributed by atoms with van der Waals surface area (Å²) in [6.45, 7) is 32.8. The zero-order chi connectivity index (χ0) is 43.1. The van der Waals surface area contributed by atoms with E-state index in [4.69, 9.17) is 4.42 Å². The normalized spacial score (nSPS) is 15.0. The van der Waals surface area contributed by atoms with Gasteiger partial charge in [-0.3, -0.25) is 0 Å². The summed E-state index contributed by atoms with van der Waals surface area (Å²) in [4.78, 5) is 2.61. The Labute approximate surface area is 360 Å². The molecular formula is C58H65NO. The van der Waals surface area contributed by atoms with Crippen LogP contribution in [-0.4, -0.2) is 0 Å². The van der Waals surface area contributed by atoms with E-state index in [1.165, 1.54) is 95.6 Å². The van der Waals surface area contributed by atoms with Crippen molar-refractivity contribution in [2.75, 3.05) is 4.90 Å². The number of nitrogens with zero attached hydrogens (tertiary/aromatic N) is 1. The van der Waals surface area contributed by atoms with Crippen molar-refractivity contribution >= 4 is 28.0 Å². The second-order valence-corrected chi connectivity index (χ2v) is 21.2. The summed E-state index contributed by atoms with van der Waals surface area (Å²) in [6, 6.07) is 43.4. The Bertz CT molecular complexity index is 2750. The highest BCUT2D eigenvalue weighted by Crippen LogP contribution is 2.52. The van der Waals surface area contributed by atoms with E-state index in [0.717, 1.165) is 23.3 Å². The summed E-state index contributed by atoms with van der Waals surface area (Å²) in [7, 11) is 0.